The number of ether oxygens (including phenoxy) is 1. The fourth-order valence-electron chi connectivity index (χ4n) is 3.28. The lowest BCUT2D eigenvalue weighted by atomic mass is 10.1. The van der Waals surface area contributed by atoms with Gasteiger partial charge in [0.05, 0.1) is 17.6 Å². The van der Waals surface area contributed by atoms with Gasteiger partial charge < -0.3 is 14.5 Å². The summed E-state index contributed by atoms with van der Waals surface area (Å²) in [5, 5.41) is 0. The van der Waals surface area contributed by atoms with Crippen LogP contribution in [0.4, 0.5) is 0 Å². The van der Waals surface area contributed by atoms with Gasteiger partial charge in [-0.15, -0.1) is 0 Å². The predicted molar refractivity (Wildman–Crippen MR) is 121 cm³/mol. The number of thiocarbonyl (C=S) groups is 1. The summed E-state index contributed by atoms with van der Waals surface area (Å²) in [6.45, 7) is 3.74. The quantitative estimate of drug-likeness (QED) is 0.376. The Morgan fingerprint density at radius 3 is 2.47 bits per heavy atom. The predicted octanol–water partition coefficient (Wildman–Crippen LogP) is 2.23. The lowest BCUT2D eigenvalue weighted by molar-refractivity contribution is -0.133. The van der Waals surface area contributed by atoms with Crippen molar-refractivity contribution in [3.8, 4) is 0 Å². The largest absolute Gasteiger partial charge is 0.465 e. The minimum Gasteiger partial charge on any atom is -0.465 e. The molecule has 2 fully saturated rings. The number of carbonyl (C=O) groups is 3. The first-order valence-corrected chi connectivity index (χ1v) is 11.0. The summed E-state index contributed by atoms with van der Waals surface area (Å²) in [5.41, 5.74) is 1.25. The van der Waals surface area contributed by atoms with E-state index in [1.807, 2.05) is 4.90 Å². The van der Waals surface area contributed by atoms with E-state index in [0.717, 1.165) is 31.7 Å². The number of rotatable bonds is 6. The number of esters is 1. The first kappa shape index (κ1) is 22.5. The Morgan fingerprint density at radius 1 is 1.17 bits per heavy atom. The van der Waals surface area contributed by atoms with E-state index in [0.29, 0.717) is 34.2 Å². The van der Waals surface area contributed by atoms with Gasteiger partial charge in [0, 0.05) is 39.1 Å². The molecule has 2 amide bonds. The molecule has 9 heteroatoms. The second-order valence-electron chi connectivity index (χ2n) is 7.23. The lowest BCUT2D eigenvalue weighted by Crippen LogP contribution is -2.47. The molecule has 30 heavy (non-hydrogen) atoms. The Balaban J connectivity index is 1.53. The maximum Gasteiger partial charge on any atom is 0.337 e. The fourth-order valence-corrected chi connectivity index (χ4v) is 4.59. The summed E-state index contributed by atoms with van der Waals surface area (Å²) < 4.78 is 5.19. The summed E-state index contributed by atoms with van der Waals surface area (Å²) in [4.78, 5) is 42.8. The zero-order valence-corrected chi connectivity index (χ0v) is 18.8. The molecule has 0 aliphatic carbocycles. The minimum atomic E-state index is -0.404. The fraction of sp³-hybridized carbons (Fsp3) is 0.429. The van der Waals surface area contributed by atoms with Gasteiger partial charge in [-0.05, 0) is 37.2 Å². The highest BCUT2D eigenvalue weighted by atomic mass is 32.2. The average molecular weight is 448 g/mol. The second-order valence-corrected chi connectivity index (χ2v) is 8.91. The lowest BCUT2D eigenvalue weighted by Gasteiger charge is -2.32. The third kappa shape index (κ3) is 5.47. The zero-order chi connectivity index (χ0) is 21.7. The number of carbonyl (C=O) groups excluding carboxylic acids is 3. The topological polar surface area (TPSA) is 70.2 Å². The van der Waals surface area contributed by atoms with Gasteiger partial charge in [0.1, 0.15) is 4.32 Å². The SMILES string of the molecule is COC(=O)c1ccc(/C=C2\SC(=S)N(CCCC(=O)N3CCN(C)CC3)C2=O)cc1. The van der Waals surface area contributed by atoms with E-state index >= 15 is 0 Å². The highest BCUT2D eigenvalue weighted by molar-refractivity contribution is 8.26. The van der Waals surface area contributed by atoms with Gasteiger partial charge in [0.2, 0.25) is 5.91 Å². The van der Waals surface area contributed by atoms with Gasteiger partial charge in [-0.2, -0.15) is 0 Å². The number of nitrogens with zero attached hydrogens (tertiary/aromatic N) is 3. The molecule has 0 bridgehead atoms. The normalized spacial score (nSPS) is 18.9. The van der Waals surface area contributed by atoms with Crippen LogP contribution in [0.1, 0.15) is 28.8 Å². The van der Waals surface area contributed by atoms with E-state index < -0.39 is 5.97 Å². The first-order chi connectivity index (χ1) is 14.4. The van der Waals surface area contributed by atoms with Crippen molar-refractivity contribution >= 4 is 52.2 Å². The Hall–Kier alpha value is -2.23. The van der Waals surface area contributed by atoms with Crippen LogP contribution in [0.25, 0.3) is 6.08 Å². The van der Waals surface area contributed by atoms with Crippen molar-refractivity contribution in [3.63, 3.8) is 0 Å². The molecule has 1 aromatic carbocycles. The molecule has 2 saturated heterocycles. The highest BCUT2D eigenvalue weighted by Crippen LogP contribution is 2.32. The average Bonchev–Trinajstić information content (AvgIpc) is 3.01. The van der Waals surface area contributed by atoms with Crippen LogP contribution in [0.15, 0.2) is 29.2 Å². The molecule has 2 aliphatic heterocycles. The number of thioether (sulfide) groups is 1. The van der Waals surface area contributed by atoms with Crippen LogP contribution >= 0.6 is 24.0 Å². The van der Waals surface area contributed by atoms with Crippen LogP contribution in [0.3, 0.4) is 0 Å². The van der Waals surface area contributed by atoms with Crippen LogP contribution in [-0.2, 0) is 14.3 Å². The number of methoxy groups -OCH3 is 1. The van der Waals surface area contributed by atoms with Crippen LogP contribution in [0.5, 0.6) is 0 Å². The van der Waals surface area contributed by atoms with Crippen molar-refractivity contribution in [2.75, 3.05) is 46.9 Å². The number of hydrogen-bond acceptors (Lipinski definition) is 7. The number of hydrogen-bond donors (Lipinski definition) is 0. The van der Waals surface area contributed by atoms with E-state index in [4.69, 9.17) is 12.2 Å². The highest BCUT2D eigenvalue weighted by Gasteiger charge is 2.31. The molecule has 7 nitrogen and oxygen atoms in total. The van der Waals surface area contributed by atoms with Crippen molar-refractivity contribution in [3.05, 3.63) is 40.3 Å². The summed E-state index contributed by atoms with van der Waals surface area (Å²) in [7, 11) is 3.39. The number of benzene rings is 1. The van der Waals surface area contributed by atoms with Gasteiger partial charge in [-0.25, -0.2) is 4.79 Å². The Labute approximate surface area is 186 Å². The Kier molecular flexibility index (Phi) is 7.63. The van der Waals surface area contributed by atoms with Crippen molar-refractivity contribution in [1.82, 2.24) is 14.7 Å². The standard InChI is InChI=1S/C21H25N3O4S2/c1-22-10-12-23(13-11-22)18(25)4-3-9-24-19(26)17(30-21(24)29)14-15-5-7-16(8-6-15)20(27)28-2/h5-8,14H,3-4,9-13H2,1-2H3/b17-14-. The van der Waals surface area contributed by atoms with Crippen LogP contribution in [0, 0.1) is 0 Å². The molecular weight excluding hydrogens is 422 g/mol. The second kappa shape index (κ2) is 10.2. The third-order valence-electron chi connectivity index (χ3n) is 5.13. The van der Waals surface area contributed by atoms with Crippen LogP contribution < -0.4 is 0 Å². The first-order valence-electron chi connectivity index (χ1n) is 9.79. The summed E-state index contributed by atoms with van der Waals surface area (Å²) >= 11 is 6.62. The van der Waals surface area contributed by atoms with Crippen LogP contribution in [0.2, 0.25) is 0 Å². The summed E-state index contributed by atoms with van der Waals surface area (Å²) in [6, 6.07) is 6.83. The molecule has 160 valence electrons. The molecule has 0 aromatic heterocycles. The number of piperazine rings is 1. The maximum atomic E-state index is 12.7. The number of likely N-dealkylation sites (N-methyl/N-ethyl adjacent to an activating group) is 1. The Bertz CT molecular complexity index is 862. The maximum absolute atomic E-state index is 12.7. The van der Waals surface area contributed by atoms with Gasteiger partial charge in [0.15, 0.2) is 0 Å². The van der Waals surface area contributed by atoms with E-state index in [2.05, 4.69) is 16.7 Å². The van der Waals surface area contributed by atoms with E-state index in [1.165, 1.54) is 18.9 Å². The molecule has 0 N–H and O–H groups in total. The molecule has 0 radical (unpaired) electrons. The van der Waals surface area contributed by atoms with Crippen LogP contribution in [-0.4, -0.2) is 83.7 Å². The number of amides is 2. The smallest absolute Gasteiger partial charge is 0.337 e. The molecule has 2 aliphatic rings. The molecule has 0 spiro atoms. The molecule has 0 unspecified atom stereocenters. The van der Waals surface area contributed by atoms with E-state index in [9.17, 15) is 14.4 Å². The third-order valence-corrected chi connectivity index (χ3v) is 6.51. The Morgan fingerprint density at radius 2 is 1.83 bits per heavy atom. The van der Waals surface area contributed by atoms with Crippen molar-refractivity contribution in [1.29, 1.82) is 0 Å². The molecule has 3 rings (SSSR count). The monoisotopic (exact) mass is 447 g/mol. The zero-order valence-electron chi connectivity index (χ0n) is 17.1. The van der Waals surface area contributed by atoms with Gasteiger partial charge >= 0.3 is 5.97 Å². The molecule has 0 atom stereocenters. The van der Waals surface area contributed by atoms with E-state index in [1.54, 1.807) is 35.2 Å². The minimum absolute atomic E-state index is 0.134. The van der Waals surface area contributed by atoms with E-state index in [-0.39, 0.29) is 11.8 Å². The summed E-state index contributed by atoms with van der Waals surface area (Å²) in [6.07, 6.45) is 2.75. The van der Waals surface area contributed by atoms with Crippen molar-refractivity contribution in [2.24, 2.45) is 0 Å². The van der Waals surface area contributed by atoms with Gasteiger partial charge in [0.25, 0.3) is 5.91 Å². The summed E-state index contributed by atoms with van der Waals surface area (Å²) in [5.74, 6) is -0.414. The molecule has 2 heterocycles. The molecule has 1 aromatic rings. The van der Waals surface area contributed by atoms with Crippen molar-refractivity contribution < 1.29 is 19.1 Å². The van der Waals surface area contributed by atoms with Gasteiger partial charge in [-0.3, -0.25) is 14.5 Å². The molecule has 0 saturated carbocycles. The van der Waals surface area contributed by atoms with Crippen molar-refractivity contribution in [2.45, 2.75) is 12.8 Å². The van der Waals surface area contributed by atoms with Gasteiger partial charge in [-0.1, -0.05) is 36.1 Å². The molecular formula is C21H25N3O4S2.